The molecule has 0 N–H and O–H groups in total. The molecule has 1 fully saturated rings. The quantitative estimate of drug-likeness (QED) is 0.752. The number of hydrogen-bond donors (Lipinski definition) is 0. The molecular formula is C17H12N2O2. The highest BCUT2D eigenvalue weighted by atomic mass is 16.6. The van der Waals surface area contributed by atoms with E-state index >= 15 is 0 Å². The van der Waals surface area contributed by atoms with Gasteiger partial charge in [-0.1, -0.05) is 36.4 Å². The summed E-state index contributed by atoms with van der Waals surface area (Å²) in [4.78, 5) is 14.4. The van der Waals surface area contributed by atoms with Crippen molar-refractivity contribution < 1.29 is 9.53 Å². The van der Waals surface area contributed by atoms with Gasteiger partial charge in [-0.2, -0.15) is 5.26 Å². The number of hydrogen-bond acceptors (Lipinski definition) is 3. The van der Waals surface area contributed by atoms with Gasteiger partial charge in [-0.05, 0) is 18.2 Å². The lowest BCUT2D eigenvalue weighted by atomic mass is 9.95. The van der Waals surface area contributed by atoms with Crippen LogP contribution in [0.3, 0.4) is 0 Å². The molecule has 2 aliphatic rings. The first-order chi connectivity index (χ1) is 10.3. The first kappa shape index (κ1) is 12.1. The standard InChI is InChI=1S/C17H12N2O2/c18-10-14-16-15(21-16)12-8-4-5-9-13(12)19(14)17(20)11-6-2-1-3-7-11/h1-9,14-16H/t14-,15+,16-/m0/s1. The Morgan fingerprint density at radius 2 is 1.81 bits per heavy atom. The molecule has 0 aliphatic carbocycles. The minimum atomic E-state index is -0.572. The third kappa shape index (κ3) is 1.75. The molecule has 0 bridgehead atoms. The predicted molar refractivity (Wildman–Crippen MR) is 76.7 cm³/mol. The highest BCUT2D eigenvalue weighted by molar-refractivity contribution is 6.07. The molecule has 3 atom stereocenters. The van der Waals surface area contributed by atoms with E-state index in [9.17, 15) is 10.1 Å². The van der Waals surface area contributed by atoms with Crippen LogP contribution in [0.25, 0.3) is 0 Å². The summed E-state index contributed by atoms with van der Waals surface area (Å²) in [6.07, 6.45) is -0.261. The molecule has 2 aliphatic heterocycles. The van der Waals surface area contributed by atoms with Crippen LogP contribution in [0.4, 0.5) is 5.69 Å². The van der Waals surface area contributed by atoms with Crippen molar-refractivity contribution in [3.63, 3.8) is 0 Å². The van der Waals surface area contributed by atoms with Gasteiger partial charge in [0.2, 0.25) is 0 Å². The van der Waals surface area contributed by atoms with Gasteiger partial charge in [0.15, 0.2) is 6.04 Å². The van der Waals surface area contributed by atoms with Crippen molar-refractivity contribution in [2.75, 3.05) is 4.90 Å². The Bertz CT molecular complexity index is 751. The van der Waals surface area contributed by atoms with Gasteiger partial charge in [0, 0.05) is 11.1 Å². The molecule has 21 heavy (non-hydrogen) atoms. The van der Waals surface area contributed by atoms with Crippen molar-refractivity contribution in [1.82, 2.24) is 0 Å². The van der Waals surface area contributed by atoms with E-state index in [4.69, 9.17) is 4.74 Å². The van der Waals surface area contributed by atoms with E-state index in [1.54, 1.807) is 17.0 Å². The van der Waals surface area contributed by atoms with E-state index in [0.717, 1.165) is 11.3 Å². The van der Waals surface area contributed by atoms with E-state index in [1.807, 2.05) is 42.5 Å². The largest absolute Gasteiger partial charge is 0.361 e. The molecular weight excluding hydrogens is 264 g/mol. The molecule has 1 amide bonds. The topological polar surface area (TPSA) is 56.6 Å². The minimum Gasteiger partial charge on any atom is -0.361 e. The fourth-order valence-electron chi connectivity index (χ4n) is 2.95. The SMILES string of the molecule is N#C[C@H]1[C@@H]2O[C@@H]2c2ccccc2N1C(=O)c1ccccc1. The Morgan fingerprint density at radius 3 is 2.57 bits per heavy atom. The molecule has 4 nitrogen and oxygen atoms in total. The van der Waals surface area contributed by atoms with Gasteiger partial charge in [-0.3, -0.25) is 9.69 Å². The van der Waals surface area contributed by atoms with Crippen LogP contribution in [0.5, 0.6) is 0 Å². The van der Waals surface area contributed by atoms with Crippen LogP contribution in [-0.4, -0.2) is 18.1 Å². The smallest absolute Gasteiger partial charge is 0.259 e. The zero-order valence-electron chi connectivity index (χ0n) is 11.1. The molecule has 2 heterocycles. The maximum atomic E-state index is 12.8. The molecule has 4 rings (SSSR count). The lowest BCUT2D eigenvalue weighted by Crippen LogP contribution is -2.45. The van der Waals surface area contributed by atoms with E-state index in [2.05, 4.69) is 6.07 Å². The maximum Gasteiger partial charge on any atom is 0.259 e. The van der Waals surface area contributed by atoms with Crippen molar-refractivity contribution in [2.45, 2.75) is 18.2 Å². The molecule has 0 radical (unpaired) electrons. The summed E-state index contributed by atoms with van der Waals surface area (Å²) in [6, 6.07) is 18.3. The number of benzene rings is 2. The summed E-state index contributed by atoms with van der Waals surface area (Å²) in [7, 11) is 0. The second-order valence-electron chi connectivity index (χ2n) is 5.20. The van der Waals surface area contributed by atoms with Crippen molar-refractivity contribution in [3.8, 4) is 6.07 Å². The average molecular weight is 276 g/mol. The van der Waals surface area contributed by atoms with Crippen molar-refractivity contribution in [3.05, 3.63) is 65.7 Å². The molecule has 0 aromatic heterocycles. The van der Waals surface area contributed by atoms with Crippen LogP contribution in [0.2, 0.25) is 0 Å². The van der Waals surface area contributed by atoms with Gasteiger partial charge in [0.1, 0.15) is 12.2 Å². The fraction of sp³-hybridized carbons (Fsp3) is 0.176. The molecule has 2 aromatic carbocycles. The van der Waals surface area contributed by atoms with Gasteiger partial charge in [-0.15, -0.1) is 0 Å². The summed E-state index contributed by atoms with van der Waals surface area (Å²) in [5, 5.41) is 9.46. The van der Waals surface area contributed by atoms with E-state index < -0.39 is 6.04 Å². The van der Waals surface area contributed by atoms with Crippen LogP contribution in [-0.2, 0) is 4.74 Å². The average Bonchev–Trinajstić information content (AvgIpc) is 3.34. The van der Waals surface area contributed by atoms with Gasteiger partial charge in [-0.25, -0.2) is 0 Å². The number of nitrogens with zero attached hydrogens (tertiary/aromatic N) is 2. The van der Waals surface area contributed by atoms with Crippen LogP contribution < -0.4 is 4.90 Å². The number of para-hydroxylation sites is 1. The highest BCUT2D eigenvalue weighted by Gasteiger charge is 2.55. The van der Waals surface area contributed by atoms with Crippen molar-refractivity contribution in [2.24, 2.45) is 0 Å². The molecule has 0 spiro atoms. The van der Waals surface area contributed by atoms with Crippen LogP contribution in [0, 0.1) is 11.3 Å². The summed E-state index contributed by atoms with van der Waals surface area (Å²) in [5.41, 5.74) is 2.33. The van der Waals surface area contributed by atoms with Gasteiger partial charge < -0.3 is 4.74 Å². The number of epoxide rings is 1. The number of carbonyl (C=O) groups excluding carboxylic acids is 1. The second kappa shape index (κ2) is 4.44. The zero-order valence-corrected chi connectivity index (χ0v) is 11.1. The number of anilines is 1. The molecule has 1 saturated heterocycles. The maximum absolute atomic E-state index is 12.8. The Kier molecular flexibility index (Phi) is 2.56. The first-order valence-corrected chi connectivity index (χ1v) is 6.84. The summed E-state index contributed by atoms with van der Waals surface area (Å²) < 4.78 is 5.61. The van der Waals surface area contributed by atoms with Gasteiger partial charge >= 0.3 is 0 Å². The van der Waals surface area contributed by atoms with Crippen LogP contribution in [0.15, 0.2) is 54.6 Å². The van der Waals surface area contributed by atoms with Crippen LogP contribution >= 0.6 is 0 Å². The Morgan fingerprint density at radius 1 is 1.10 bits per heavy atom. The number of nitriles is 1. The van der Waals surface area contributed by atoms with Crippen molar-refractivity contribution in [1.29, 1.82) is 5.26 Å². The molecule has 0 saturated carbocycles. The first-order valence-electron chi connectivity index (χ1n) is 6.84. The van der Waals surface area contributed by atoms with Crippen LogP contribution in [0.1, 0.15) is 22.0 Å². The van der Waals surface area contributed by atoms with E-state index in [-0.39, 0.29) is 18.1 Å². The number of ether oxygens (including phenoxy) is 1. The summed E-state index contributed by atoms with van der Waals surface area (Å²) >= 11 is 0. The summed E-state index contributed by atoms with van der Waals surface area (Å²) in [6.45, 7) is 0. The lowest BCUT2D eigenvalue weighted by Gasteiger charge is -2.31. The predicted octanol–water partition coefficient (Wildman–Crippen LogP) is 2.68. The molecule has 2 aromatic rings. The molecule has 0 unspecified atom stereocenters. The number of amides is 1. The molecule has 4 heteroatoms. The lowest BCUT2D eigenvalue weighted by molar-refractivity contribution is 0.0977. The van der Waals surface area contributed by atoms with E-state index in [1.165, 1.54) is 0 Å². The third-order valence-corrected chi connectivity index (χ3v) is 3.99. The molecule has 102 valence electrons. The Hall–Kier alpha value is -2.64. The fourth-order valence-corrected chi connectivity index (χ4v) is 2.95. The number of carbonyl (C=O) groups is 1. The van der Waals surface area contributed by atoms with Crippen molar-refractivity contribution >= 4 is 11.6 Å². The Labute approximate surface area is 122 Å². The third-order valence-electron chi connectivity index (χ3n) is 3.99. The number of fused-ring (bicyclic) bond motifs is 3. The highest BCUT2D eigenvalue weighted by Crippen LogP contribution is 2.51. The summed E-state index contributed by atoms with van der Waals surface area (Å²) in [5.74, 6) is -0.163. The normalized spacial score (nSPS) is 25.5. The Balaban J connectivity index is 1.83. The van der Waals surface area contributed by atoms with E-state index in [0.29, 0.717) is 5.56 Å². The van der Waals surface area contributed by atoms with Gasteiger partial charge in [0.05, 0.1) is 11.8 Å². The minimum absolute atomic E-state index is 0.0503. The van der Waals surface area contributed by atoms with Gasteiger partial charge in [0.25, 0.3) is 5.91 Å². The monoisotopic (exact) mass is 276 g/mol. The zero-order chi connectivity index (χ0) is 14.4. The second-order valence-corrected chi connectivity index (χ2v) is 5.20. The number of rotatable bonds is 1.